The van der Waals surface area contributed by atoms with Gasteiger partial charge in [-0.25, -0.2) is 0 Å². The normalized spacial score (nSPS) is 18.3. The van der Waals surface area contributed by atoms with Crippen LogP contribution in [0.1, 0.15) is 46.9 Å². The lowest BCUT2D eigenvalue weighted by Gasteiger charge is -2.37. The van der Waals surface area contributed by atoms with Crippen molar-refractivity contribution in [1.82, 2.24) is 4.98 Å². The van der Waals surface area contributed by atoms with Crippen LogP contribution in [0.2, 0.25) is 0 Å². The third kappa shape index (κ3) is 4.38. The van der Waals surface area contributed by atoms with E-state index in [9.17, 15) is 4.79 Å². The fourth-order valence-corrected chi connectivity index (χ4v) is 6.08. The van der Waals surface area contributed by atoms with E-state index in [4.69, 9.17) is 4.74 Å². The molecule has 2 heterocycles. The van der Waals surface area contributed by atoms with Gasteiger partial charge in [0.05, 0.1) is 5.52 Å². The monoisotopic (exact) mass is 508 g/mol. The number of fused-ring (bicyclic) bond motifs is 3. The van der Waals surface area contributed by atoms with Gasteiger partial charge in [0.25, 0.3) is 0 Å². The molecule has 0 fully saturated rings. The molecule has 2 atom stereocenters. The van der Waals surface area contributed by atoms with E-state index in [-0.39, 0.29) is 17.6 Å². The first-order valence-electron chi connectivity index (χ1n) is 13.5. The Morgan fingerprint density at radius 3 is 2.33 bits per heavy atom. The van der Waals surface area contributed by atoms with Gasteiger partial charge in [-0.15, -0.1) is 0 Å². The molecule has 190 valence electrons. The van der Waals surface area contributed by atoms with E-state index in [0.29, 0.717) is 13.0 Å². The van der Waals surface area contributed by atoms with Gasteiger partial charge < -0.3 is 10.1 Å². The average molecular weight is 509 g/mol. The van der Waals surface area contributed by atoms with Crippen molar-refractivity contribution in [1.29, 1.82) is 0 Å². The molecule has 2 aliphatic rings. The summed E-state index contributed by atoms with van der Waals surface area (Å²) in [5.41, 5.74) is 8.43. The Balaban J connectivity index is 1.29. The highest BCUT2D eigenvalue weighted by Crippen LogP contribution is 2.50. The molecular weight excluding hydrogens is 480 g/mol. The summed E-state index contributed by atoms with van der Waals surface area (Å²) in [6.07, 6.45) is 3.14. The number of hydrogen-bond acceptors (Lipinski definition) is 4. The Hall–Kier alpha value is -4.70. The molecular formula is C35H28N2O2. The number of ketones is 1. The highest BCUT2D eigenvalue weighted by molar-refractivity contribution is 6.04. The van der Waals surface area contributed by atoms with E-state index in [0.717, 1.165) is 56.7 Å². The quantitative estimate of drug-likeness (QED) is 0.263. The Morgan fingerprint density at radius 2 is 1.54 bits per heavy atom. The summed E-state index contributed by atoms with van der Waals surface area (Å²) >= 11 is 0. The van der Waals surface area contributed by atoms with Crippen molar-refractivity contribution in [3.8, 4) is 5.75 Å². The molecule has 0 radical (unpaired) electrons. The maximum Gasteiger partial charge on any atom is 0.162 e. The number of carbonyl (C=O) groups excluding carboxylic acids is 1. The first kappa shape index (κ1) is 23.4. The molecule has 0 saturated heterocycles. The second-order valence-electron chi connectivity index (χ2n) is 10.3. The molecule has 7 rings (SSSR count). The predicted octanol–water partition coefficient (Wildman–Crippen LogP) is 7.77. The number of anilines is 1. The minimum atomic E-state index is -0.170. The summed E-state index contributed by atoms with van der Waals surface area (Å²) in [7, 11) is 0. The lowest BCUT2D eigenvalue weighted by atomic mass is 9.71. The highest BCUT2D eigenvalue weighted by atomic mass is 16.5. The molecule has 1 aliphatic carbocycles. The van der Waals surface area contributed by atoms with E-state index in [1.54, 1.807) is 0 Å². The topological polar surface area (TPSA) is 51.2 Å². The number of aromatic nitrogens is 1. The van der Waals surface area contributed by atoms with Crippen molar-refractivity contribution in [3.05, 3.63) is 149 Å². The molecule has 0 bridgehead atoms. The zero-order chi connectivity index (χ0) is 26.2. The number of pyridine rings is 1. The summed E-state index contributed by atoms with van der Waals surface area (Å²) in [5, 5.41) is 4.75. The van der Waals surface area contributed by atoms with Gasteiger partial charge in [-0.3, -0.25) is 9.78 Å². The molecule has 4 nitrogen and oxygen atoms in total. The minimum Gasteiger partial charge on any atom is -0.489 e. The number of ether oxygens (including phenoxy) is 1. The SMILES string of the molecule is O=C1CC(c2ccccc2)CC2=C1C(c1ccc(OCc3ccccc3)cc1)c1c(ccc3ncccc13)N2. The second kappa shape index (κ2) is 9.88. The van der Waals surface area contributed by atoms with Crippen LogP contribution < -0.4 is 10.1 Å². The van der Waals surface area contributed by atoms with Crippen LogP contribution in [0.3, 0.4) is 0 Å². The summed E-state index contributed by atoms with van der Waals surface area (Å²) in [6.45, 7) is 0.515. The van der Waals surface area contributed by atoms with Crippen LogP contribution >= 0.6 is 0 Å². The molecule has 1 N–H and O–H groups in total. The molecule has 1 aromatic heterocycles. The van der Waals surface area contributed by atoms with Gasteiger partial charge in [0.15, 0.2) is 5.78 Å². The van der Waals surface area contributed by atoms with Gasteiger partial charge in [0, 0.05) is 40.9 Å². The third-order valence-electron chi connectivity index (χ3n) is 7.93. The zero-order valence-electron chi connectivity index (χ0n) is 21.5. The van der Waals surface area contributed by atoms with Crippen LogP contribution in [0.4, 0.5) is 5.69 Å². The number of nitrogens with zero attached hydrogens (tertiary/aromatic N) is 1. The number of allylic oxidation sites excluding steroid dienone is 2. The molecule has 4 aromatic carbocycles. The number of benzene rings is 4. The largest absolute Gasteiger partial charge is 0.489 e. The van der Waals surface area contributed by atoms with Crippen LogP contribution in [0, 0.1) is 0 Å². The van der Waals surface area contributed by atoms with Crippen LogP contribution in [-0.2, 0) is 11.4 Å². The Labute approximate surface area is 228 Å². The van der Waals surface area contributed by atoms with Gasteiger partial charge in [-0.1, -0.05) is 78.9 Å². The van der Waals surface area contributed by atoms with Crippen molar-refractivity contribution >= 4 is 22.4 Å². The van der Waals surface area contributed by atoms with Crippen LogP contribution in [-0.4, -0.2) is 10.8 Å². The van der Waals surface area contributed by atoms with Gasteiger partial charge in [0.1, 0.15) is 12.4 Å². The molecule has 2 unspecified atom stereocenters. The molecule has 0 saturated carbocycles. The van der Waals surface area contributed by atoms with Crippen molar-refractivity contribution in [3.63, 3.8) is 0 Å². The van der Waals surface area contributed by atoms with Crippen LogP contribution in [0.25, 0.3) is 10.9 Å². The molecule has 0 spiro atoms. The Bertz CT molecular complexity index is 1690. The number of carbonyl (C=O) groups is 1. The second-order valence-corrected chi connectivity index (χ2v) is 10.3. The summed E-state index contributed by atoms with van der Waals surface area (Å²) in [4.78, 5) is 18.5. The lowest BCUT2D eigenvalue weighted by molar-refractivity contribution is -0.116. The van der Waals surface area contributed by atoms with Crippen LogP contribution in [0.15, 0.2) is 127 Å². The van der Waals surface area contributed by atoms with Gasteiger partial charge in [-0.2, -0.15) is 0 Å². The van der Waals surface area contributed by atoms with Crippen molar-refractivity contribution in [2.75, 3.05) is 5.32 Å². The average Bonchev–Trinajstić information content (AvgIpc) is 3.00. The molecule has 4 heteroatoms. The fourth-order valence-electron chi connectivity index (χ4n) is 6.08. The molecule has 1 aliphatic heterocycles. The minimum absolute atomic E-state index is 0.169. The Morgan fingerprint density at radius 1 is 0.769 bits per heavy atom. The first-order valence-corrected chi connectivity index (χ1v) is 13.5. The number of rotatable bonds is 5. The lowest BCUT2D eigenvalue weighted by Crippen LogP contribution is -2.30. The van der Waals surface area contributed by atoms with E-state index >= 15 is 0 Å². The zero-order valence-corrected chi connectivity index (χ0v) is 21.5. The van der Waals surface area contributed by atoms with E-state index in [2.05, 4.69) is 77.0 Å². The van der Waals surface area contributed by atoms with Crippen molar-refractivity contribution in [2.24, 2.45) is 0 Å². The van der Waals surface area contributed by atoms with Gasteiger partial charge >= 0.3 is 0 Å². The van der Waals surface area contributed by atoms with Crippen molar-refractivity contribution < 1.29 is 9.53 Å². The first-order chi connectivity index (χ1) is 19.2. The predicted molar refractivity (Wildman–Crippen MR) is 155 cm³/mol. The highest BCUT2D eigenvalue weighted by Gasteiger charge is 2.39. The summed E-state index contributed by atoms with van der Waals surface area (Å²) < 4.78 is 6.06. The number of hydrogen-bond donors (Lipinski definition) is 1. The number of nitrogens with one attached hydrogen (secondary N) is 1. The number of Topliss-reactive ketones (excluding diaryl/α,β-unsaturated/α-hetero) is 1. The summed E-state index contributed by atoms with van der Waals surface area (Å²) in [5.74, 6) is 1.02. The van der Waals surface area contributed by atoms with E-state index < -0.39 is 0 Å². The summed E-state index contributed by atoms with van der Waals surface area (Å²) in [6, 6.07) is 37.0. The maximum absolute atomic E-state index is 13.9. The molecule has 39 heavy (non-hydrogen) atoms. The third-order valence-corrected chi connectivity index (χ3v) is 7.93. The maximum atomic E-state index is 13.9. The molecule has 5 aromatic rings. The van der Waals surface area contributed by atoms with Gasteiger partial charge in [-0.05, 0) is 64.9 Å². The molecule has 0 amide bonds. The van der Waals surface area contributed by atoms with E-state index in [1.165, 1.54) is 5.56 Å². The standard InChI is InChI=1S/C35H28N2O2/c38-32-21-26(24-10-5-2-6-11-24)20-31-35(32)33(34-28-12-7-19-36-29(28)17-18-30(34)37-31)25-13-15-27(16-14-25)39-22-23-8-3-1-4-9-23/h1-19,26,33,37H,20-22H2. The Kier molecular flexibility index (Phi) is 5.93. The van der Waals surface area contributed by atoms with Gasteiger partial charge in [0.2, 0.25) is 0 Å². The smallest absolute Gasteiger partial charge is 0.162 e. The van der Waals surface area contributed by atoms with Crippen LogP contribution in [0.5, 0.6) is 5.75 Å². The fraction of sp³-hybridized carbons (Fsp3) is 0.143. The van der Waals surface area contributed by atoms with E-state index in [1.807, 2.05) is 48.7 Å². The van der Waals surface area contributed by atoms with Crippen molar-refractivity contribution in [2.45, 2.75) is 31.3 Å².